The molecule has 0 saturated carbocycles. The largest absolute Gasteiger partial charge is 0.481 e. The molecule has 0 aromatic heterocycles. The minimum atomic E-state index is -0.915. The summed E-state index contributed by atoms with van der Waals surface area (Å²) in [4.78, 5) is 23.8. The van der Waals surface area contributed by atoms with Gasteiger partial charge in [-0.1, -0.05) is 13.3 Å². The third-order valence-corrected chi connectivity index (χ3v) is 2.23. The Hall–Kier alpha value is -1.26. The van der Waals surface area contributed by atoms with Crippen LogP contribution in [-0.2, 0) is 4.79 Å². The van der Waals surface area contributed by atoms with Crippen LogP contribution >= 0.6 is 0 Å². The third kappa shape index (κ3) is 6.27. The summed E-state index contributed by atoms with van der Waals surface area (Å²) < 4.78 is 0. The Kier molecular flexibility index (Phi) is 5.85. The summed E-state index contributed by atoms with van der Waals surface area (Å²) in [7, 11) is 1.71. The lowest BCUT2D eigenvalue weighted by atomic mass is 10.0. The number of hydrogen-bond donors (Lipinski definition) is 2. The molecule has 0 spiro atoms. The fourth-order valence-corrected chi connectivity index (χ4v) is 1.30. The minimum Gasteiger partial charge on any atom is -0.481 e. The van der Waals surface area contributed by atoms with Gasteiger partial charge in [0.2, 0.25) is 0 Å². The van der Waals surface area contributed by atoms with Gasteiger partial charge in [-0.15, -0.1) is 0 Å². The van der Waals surface area contributed by atoms with Crippen LogP contribution in [0.15, 0.2) is 0 Å². The molecule has 0 heterocycles. The van der Waals surface area contributed by atoms with Crippen LogP contribution in [0, 0.1) is 0 Å². The first-order valence-corrected chi connectivity index (χ1v) is 5.53. The number of urea groups is 1. The molecule has 0 saturated heterocycles. The number of carboxylic acid groups (broad SMARTS) is 1. The van der Waals surface area contributed by atoms with Crippen LogP contribution in [0.2, 0.25) is 0 Å². The molecule has 0 radical (unpaired) electrons. The van der Waals surface area contributed by atoms with Crippen molar-refractivity contribution in [3.63, 3.8) is 0 Å². The zero-order valence-electron chi connectivity index (χ0n) is 10.5. The van der Waals surface area contributed by atoms with Gasteiger partial charge in [-0.25, -0.2) is 4.79 Å². The Labute approximate surface area is 96.8 Å². The molecule has 0 aliphatic carbocycles. The number of carbonyl (C=O) groups is 2. The van der Waals surface area contributed by atoms with E-state index in [0.29, 0.717) is 6.54 Å². The number of unbranched alkanes of at least 4 members (excludes halogenated alkanes) is 1. The molecule has 0 aromatic carbocycles. The van der Waals surface area contributed by atoms with E-state index in [1.807, 2.05) is 0 Å². The molecule has 2 N–H and O–H groups in total. The van der Waals surface area contributed by atoms with Crippen LogP contribution < -0.4 is 5.32 Å². The lowest BCUT2D eigenvalue weighted by Gasteiger charge is -2.28. The highest BCUT2D eigenvalue weighted by molar-refractivity contribution is 5.76. The van der Waals surface area contributed by atoms with Gasteiger partial charge in [-0.05, 0) is 20.3 Å². The van der Waals surface area contributed by atoms with E-state index in [1.54, 1.807) is 25.8 Å². The molecule has 5 heteroatoms. The summed E-state index contributed by atoms with van der Waals surface area (Å²) in [6.45, 7) is 6.14. The first-order chi connectivity index (χ1) is 7.28. The van der Waals surface area contributed by atoms with E-state index in [1.165, 1.54) is 0 Å². The summed E-state index contributed by atoms with van der Waals surface area (Å²) in [6.07, 6.45) is 1.89. The van der Waals surface area contributed by atoms with E-state index < -0.39 is 11.5 Å². The number of rotatable bonds is 6. The maximum atomic E-state index is 11.7. The average molecular weight is 230 g/mol. The molecule has 0 atom stereocenters. The second-order valence-corrected chi connectivity index (χ2v) is 4.66. The van der Waals surface area contributed by atoms with Crippen molar-refractivity contribution in [2.24, 2.45) is 0 Å². The highest BCUT2D eigenvalue weighted by atomic mass is 16.4. The predicted octanol–water partition coefficient (Wildman–Crippen LogP) is 1.68. The Morgan fingerprint density at radius 3 is 2.38 bits per heavy atom. The second-order valence-electron chi connectivity index (χ2n) is 4.66. The van der Waals surface area contributed by atoms with Gasteiger partial charge >= 0.3 is 12.0 Å². The summed E-state index contributed by atoms with van der Waals surface area (Å²) in [5.74, 6) is -0.915. The van der Waals surface area contributed by atoms with E-state index in [-0.39, 0.29) is 12.5 Å². The van der Waals surface area contributed by atoms with Crippen molar-refractivity contribution in [1.29, 1.82) is 0 Å². The fourth-order valence-electron chi connectivity index (χ4n) is 1.30. The average Bonchev–Trinajstić information content (AvgIpc) is 2.10. The molecule has 0 rings (SSSR count). The van der Waals surface area contributed by atoms with Crippen LogP contribution in [0.5, 0.6) is 0 Å². The molecule has 0 bridgehead atoms. The van der Waals surface area contributed by atoms with Gasteiger partial charge < -0.3 is 15.3 Å². The van der Waals surface area contributed by atoms with Gasteiger partial charge in [-0.2, -0.15) is 0 Å². The van der Waals surface area contributed by atoms with Crippen molar-refractivity contribution in [3.8, 4) is 0 Å². The molecule has 0 aliphatic heterocycles. The van der Waals surface area contributed by atoms with Gasteiger partial charge in [0.15, 0.2) is 0 Å². The maximum Gasteiger partial charge on any atom is 0.317 e. The normalized spacial score (nSPS) is 11.0. The number of nitrogens with one attached hydrogen (secondary N) is 1. The van der Waals surface area contributed by atoms with Crippen molar-refractivity contribution >= 4 is 12.0 Å². The Morgan fingerprint density at radius 1 is 1.38 bits per heavy atom. The Morgan fingerprint density at radius 2 is 1.94 bits per heavy atom. The van der Waals surface area contributed by atoms with Gasteiger partial charge in [0.25, 0.3) is 0 Å². The lowest BCUT2D eigenvalue weighted by molar-refractivity contribution is -0.138. The molecule has 0 fully saturated rings. The predicted molar refractivity (Wildman–Crippen MR) is 62.4 cm³/mol. The molecule has 94 valence electrons. The third-order valence-electron chi connectivity index (χ3n) is 2.23. The first kappa shape index (κ1) is 14.7. The second kappa shape index (κ2) is 6.35. The molecule has 16 heavy (non-hydrogen) atoms. The van der Waals surface area contributed by atoms with Crippen LogP contribution in [0.4, 0.5) is 4.79 Å². The molecular weight excluding hydrogens is 208 g/mol. The van der Waals surface area contributed by atoms with Crippen molar-refractivity contribution in [2.75, 3.05) is 13.6 Å². The van der Waals surface area contributed by atoms with E-state index in [2.05, 4.69) is 12.2 Å². The lowest BCUT2D eigenvalue weighted by Crippen LogP contribution is -2.50. The van der Waals surface area contributed by atoms with Gasteiger partial charge in [0, 0.05) is 19.1 Å². The fraction of sp³-hybridized carbons (Fsp3) is 0.818. The number of amides is 2. The van der Waals surface area contributed by atoms with Gasteiger partial charge in [-0.3, -0.25) is 4.79 Å². The summed E-state index contributed by atoms with van der Waals surface area (Å²) in [6, 6.07) is -0.222. The Balaban J connectivity index is 4.15. The van der Waals surface area contributed by atoms with Gasteiger partial charge in [0.1, 0.15) is 0 Å². The summed E-state index contributed by atoms with van der Waals surface area (Å²) in [5, 5.41) is 11.4. The van der Waals surface area contributed by atoms with E-state index in [9.17, 15) is 9.59 Å². The smallest absolute Gasteiger partial charge is 0.317 e. The topological polar surface area (TPSA) is 69.6 Å². The van der Waals surface area contributed by atoms with Gasteiger partial charge in [0.05, 0.1) is 6.42 Å². The molecule has 2 amide bonds. The van der Waals surface area contributed by atoms with Crippen LogP contribution in [0.3, 0.4) is 0 Å². The number of carbonyl (C=O) groups excluding carboxylic acids is 1. The number of carboxylic acids is 1. The molecule has 5 nitrogen and oxygen atoms in total. The number of hydrogen-bond acceptors (Lipinski definition) is 2. The number of aliphatic carboxylic acids is 1. The molecule has 0 unspecified atom stereocenters. The highest BCUT2D eigenvalue weighted by Crippen LogP contribution is 2.08. The molecule has 0 aromatic rings. The Bertz CT molecular complexity index is 252. The van der Waals surface area contributed by atoms with E-state index in [0.717, 1.165) is 12.8 Å². The maximum absolute atomic E-state index is 11.7. The van der Waals surface area contributed by atoms with E-state index >= 15 is 0 Å². The summed E-state index contributed by atoms with van der Waals surface area (Å²) >= 11 is 0. The SMILES string of the molecule is CCCCN(C)C(=O)NC(C)(C)CC(=O)O. The first-order valence-electron chi connectivity index (χ1n) is 5.53. The molecular formula is C11H22N2O3. The number of nitrogens with zero attached hydrogens (tertiary/aromatic N) is 1. The van der Waals surface area contributed by atoms with E-state index in [4.69, 9.17) is 5.11 Å². The highest BCUT2D eigenvalue weighted by Gasteiger charge is 2.24. The summed E-state index contributed by atoms with van der Waals surface area (Å²) in [5.41, 5.74) is -0.719. The van der Waals surface area contributed by atoms with Crippen molar-refractivity contribution in [2.45, 2.75) is 45.6 Å². The van der Waals surface area contributed by atoms with Crippen molar-refractivity contribution < 1.29 is 14.7 Å². The monoisotopic (exact) mass is 230 g/mol. The minimum absolute atomic E-state index is 0.0830. The van der Waals surface area contributed by atoms with Crippen molar-refractivity contribution in [1.82, 2.24) is 10.2 Å². The van der Waals surface area contributed by atoms with Crippen LogP contribution in [-0.4, -0.2) is 41.1 Å². The zero-order valence-corrected chi connectivity index (χ0v) is 10.5. The zero-order chi connectivity index (χ0) is 12.8. The van der Waals surface area contributed by atoms with Crippen LogP contribution in [0.25, 0.3) is 0 Å². The van der Waals surface area contributed by atoms with Crippen LogP contribution in [0.1, 0.15) is 40.0 Å². The van der Waals surface area contributed by atoms with Crippen molar-refractivity contribution in [3.05, 3.63) is 0 Å². The quantitative estimate of drug-likeness (QED) is 0.729. The standard InChI is InChI=1S/C11H22N2O3/c1-5-6-7-13(4)10(16)12-11(2,3)8-9(14)15/h5-8H2,1-4H3,(H,12,16)(H,14,15). The molecule has 0 aliphatic rings.